The van der Waals surface area contributed by atoms with Crippen LogP contribution in [-0.4, -0.2) is 37.5 Å². The van der Waals surface area contributed by atoms with Crippen molar-refractivity contribution in [3.05, 3.63) is 77.4 Å². The van der Waals surface area contributed by atoms with Crippen molar-refractivity contribution in [3.63, 3.8) is 0 Å². The van der Waals surface area contributed by atoms with E-state index >= 15 is 0 Å². The number of halogens is 4. The Balaban J connectivity index is 1.99. The van der Waals surface area contributed by atoms with Gasteiger partial charge in [0.1, 0.15) is 6.61 Å². The highest BCUT2D eigenvalue weighted by molar-refractivity contribution is 6.03. The van der Waals surface area contributed by atoms with Crippen molar-refractivity contribution in [2.24, 2.45) is 0 Å². The average molecular weight is 396 g/mol. The number of rotatable bonds is 8. The standard InChI is InChI=1S/C20H16F4O4/c21-19(22)20(23,24)13-28-18(26)16-11-5-4-10-15(16)17(25)27-12-6-9-14-7-2-1-3-8-14/h1-11,19H,12-13H2/b9-6+. The summed E-state index contributed by atoms with van der Waals surface area (Å²) in [4.78, 5) is 24.1. The maximum Gasteiger partial charge on any atom is 0.340 e. The number of esters is 2. The molecule has 0 saturated carbocycles. The van der Waals surface area contributed by atoms with Crippen LogP contribution in [0.1, 0.15) is 26.3 Å². The number of ether oxygens (including phenoxy) is 2. The third kappa shape index (κ3) is 5.94. The van der Waals surface area contributed by atoms with Gasteiger partial charge in [-0.15, -0.1) is 0 Å². The molecule has 2 rings (SSSR count). The van der Waals surface area contributed by atoms with Crippen molar-refractivity contribution in [2.75, 3.05) is 13.2 Å². The first-order valence-electron chi connectivity index (χ1n) is 8.12. The Kier molecular flexibility index (Phi) is 7.31. The van der Waals surface area contributed by atoms with E-state index in [-0.39, 0.29) is 17.7 Å². The third-order valence-electron chi connectivity index (χ3n) is 3.50. The molecule has 0 amide bonds. The van der Waals surface area contributed by atoms with Crippen LogP contribution in [-0.2, 0) is 9.47 Å². The second-order valence-corrected chi connectivity index (χ2v) is 5.59. The molecule has 148 valence electrons. The summed E-state index contributed by atoms with van der Waals surface area (Å²) in [7, 11) is 0. The fourth-order valence-electron chi connectivity index (χ4n) is 2.09. The van der Waals surface area contributed by atoms with Crippen molar-refractivity contribution in [2.45, 2.75) is 12.3 Å². The Morgan fingerprint density at radius 2 is 1.43 bits per heavy atom. The second kappa shape index (κ2) is 9.68. The molecule has 0 aliphatic carbocycles. The molecule has 0 aliphatic heterocycles. The van der Waals surface area contributed by atoms with Crippen LogP contribution in [0.3, 0.4) is 0 Å². The maximum absolute atomic E-state index is 12.9. The second-order valence-electron chi connectivity index (χ2n) is 5.59. The van der Waals surface area contributed by atoms with E-state index in [2.05, 4.69) is 4.74 Å². The maximum atomic E-state index is 12.9. The van der Waals surface area contributed by atoms with E-state index in [1.165, 1.54) is 18.2 Å². The van der Waals surface area contributed by atoms with Crippen LogP contribution in [0.5, 0.6) is 0 Å². The molecule has 0 unspecified atom stereocenters. The molecular weight excluding hydrogens is 380 g/mol. The van der Waals surface area contributed by atoms with Gasteiger partial charge in [0, 0.05) is 0 Å². The van der Waals surface area contributed by atoms with Gasteiger partial charge in [-0.3, -0.25) is 0 Å². The SMILES string of the molecule is O=C(OC/C=C/c1ccccc1)c1ccccc1C(=O)OCC(F)(F)C(F)F. The minimum absolute atomic E-state index is 0.0967. The summed E-state index contributed by atoms with van der Waals surface area (Å²) in [5.74, 6) is -6.69. The predicted molar refractivity (Wildman–Crippen MR) is 93.4 cm³/mol. The van der Waals surface area contributed by atoms with Gasteiger partial charge in [0.25, 0.3) is 0 Å². The molecule has 8 heteroatoms. The molecule has 2 aromatic rings. The number of benzene rings is 2. The quantitative estimate of drug-likeness (QED) is 0.483. The highest BCUT2D eigenvalue weighted by Crippen LogP contribution is 2.23. The number of hydrogen-bond acceptors (Lipinski definition) is 4. The summed E-state index contributed by atoms with van der Waals surface area (Å²) in [6.07, 6.45) is -0.672. The van der Waals surface area contributed by atoms with E-state index in [4.69, 9.17) is 4.74 Å². The third-order valence-corrected chi connectivity index (χ3v) is 3.50. The van der Waals surface area contributed by atoms with E-state index in [9.17, 15) is 27.2 Å². The smallest absolute Gasteiger partial charge is 0.340 e. The van der Waals surface area contributed by atoms with Crippen molar-refractivity contribution in [1.29, 1.82) is 0 Å². The summed E-state index contributed by atoms with van der Waals surface area (Å²) in [6, 6.07) is 14.4. The molecule has 0 spiro atoms. The molecule has 0 fully saturated rings. The van der Waals surface area contributed by atoms with E-state index in [1.54, 1.807) is 12.2 Å². The number of carbonyl (C=O) groups excluding carboxylic acids is 2. The highest BCUT2D eigenvalue weighted by Gasteiger charge is 2.42. The van der Waals surface area contributed by atoms with Gasteiger partial charge in [-0.1, -0.05) is 48.5 Å². The molecule has 0 N–H and O–H groups in total. The Labute approximate surface area is 158 Å². The molecule has 0 aliphatic rings. The zero-order valence-corrected chi connectivity index (χ0v) is 14.5. The lowest BCUT2D eigenvalue weighted by Gasteiger charge is -2.15. The average Bonchev–Trinajstić information content (AvgIpc) is 2.70. The minimum atomic E-state index is -4.48. The molecule has 4 nitrogen and oxygen atoms in total. The van der Waals surface area contributed by atoms with Crippen LogP contribution < -0.4 is 0 Å². The monoisotopic (exact) mass is 396 g/mol. The van der Waals surface area contributed by atoms with Crippen LogP contribution in [0.4, 0.5) is 17.6 Å². The first kappa shape index (κ1) is 21.1. The van der Waals surface area contributed by atoms with Crippen molar-refractivity contribution in [1.82, 2.24) is 0 Å². The summed E-state index contributed by atoms with van der Waals surface area (Å²) in [6.45, 7) is -1.90. The molecule has 0 aromatic heterocycles. The van der Waals surface area contributed by atoms with Crippen molar-refractivity contribution in [3.8, 4) is 0 Å². The minimum Gasteiger partial charge on any atom is -0.458 e. The van der Waals surface area contributed by atoms with E-state index < -0.39 is 30.9 Å². The van der Waals surface area contributed by atoms with Gasteiger partial charge < -0.3 is 9.47 Å². The first-order valence-corrected chi connectivity index (χ1v) is 8.12. The molecule has 0 heterocycles. The molecule has 0 atom stereocenters. The normalized spacial score (nSPS) is 11.6. The van der Waals surface area contributed by atoms with Gasteiger partial charge >= 0.3 is 24.3 Å². The fraction of sp³-hybridized carbons (Fsp3) is 0.200. The van der Waals surface area contributed by atoms with Crippen molar-refractivity contribution < 1.29 is 36.6 Å². The predicted octanol–water partition coefficient (Wildman–Crippen LogP) is 4.61. The largest absolute Gasteiger partial charge is 0.458 e. The number of hydrogen-bond donors (Lipinski definition) is 0. The lowest BCUT2D eigenvalue weighted by Crippen LogP contribution is -2.33. The summed E-state index contributed by atoms with van der Waals surface area (Å²) in [5, 5.41) is 0. The number of carbonyl (C=O) groups is 2. The number of alkyl halides is 4. The van der Waals surface area contributed by atoms with Crippen LogP contribution in [0.2, 0.25) is 0 Å². The Hall–Kier alpha value is -3.16. The molecule has 0 saturated heterocycles. The van der Waals surface area contributed by atoms with Crippen LogP contribution in [0.25, 0.3) is 6.08 Å². The van der Waals surface area contributed by atoms with E-state index in [0.717, 1.165) is 11.6 Å². The van der Waals surface area contributed by atoms with E-state index in [1.807, 2.05) is 30.3 Å². The van der Waals surface area contributed by atoms with Gasteiger partial charge in [0.2, 0.25) is 0 Å². The molecule has 0 bridgehead atoms. The fourth-order valence-corrected chi connectivity index (χ4v) is 2.09. The highest BCUT2D eigenvalue weighted by atomic mass is 19.3. The Morgan fingerprint density at radius 3 is 2.00 bits per heavy atom. The Morgan fingerprint density at radius 1 is 0.893 bits per heavy atom. The van der Waals surface area contributed by atoms with Crippen molar-refractivity contribution >= 4 is 18.0 Å². The lowest BCUT2D eigenvalue weighted by atomic mass is 10.1. The van der Waals surface area contributed by atoms with Gasteiger partial charge in [-0.05, 0) is 23.8 Å². The topological polar surface area (TPSA) is 52.6 Å². The summed E-state index contributed by atoms with van der Waals surface area (Å²) < 4.78 is 59.4. The zero-order valence-electron chi connectivity index (χ0n) is 14.5. The molecule has 2 aromatic carbocycles. The summed E-state index contributed by atoms with van der Waals surface area (Å²) >= 11 is 0. The first-order chi connectivity index (χ1) is 13.3. The molecule has 28 heavy (non-hydrogen) atoms. The van der Waals surface area contributed by atoms with Crippen LogP contribution in [0, 0.1) is 0 Å². The van der Waals surface area contributed by atoms with Gasteiger partial charge in [-0.25, -0.2) is 18.4 Å². The van der Waals surface area contributed by atoms with Gasteiger partial charge in [0.15, 0.2) is 6.61 Å². The lowest BCUT2D eigenvalue weighted by molar-refractivity contribution is -0.155. The van der Waals surface area contributed by atoms with E-state index in [0.29, 0.717) is 0 Å². The Bertz CT molecular complexity index is 835. The van der Waals surface area contributed by atoms with Gasteiger partial charge in [-0.2, -0.15) is 8.78 Å². The van der Waals surface area contributed by atoms with Crippen LogP contribution in [0.15, 0.2) is 60.7 Å². The zero-order chi connectivity index (χ0) is 20.6. The van der Waals surface area contributed by atoms with Crippen LogP contribution >= 0.6 is 0 Å². The summed E-state index contributed by atoms with van der Waals surface area (Å²) in [5.41, 5.74) is 0.313. The molecule has 0 radical (unpaired) electrons. The van der Waals surface area contributed by atoms with Gasteiger partial charge in [0.05, 0.1) is 11.1 Å². The molecular formula is C20H16F4O4.